The molecule has 0 N–H and O–H groups in total. The maximum atomic E-state index is 6.31. The molecule has 27 heavy (non-hydrogen) atoms. The predicted octanol–water partition coefficient (Wildman–Crippen LogP) is 6.19. The molecular formula is C23H27BO2S. The third-order valence-corrected chi connectivity index (χ3v) is 6.42. The Morgan fingerprint density at radius 2 is 1.52 bits per heavy atom. The first-order chi connectivity index (χ1) is 12.8. The van der Waals surface area contributed by atoms with Gasteiger partial charge in [-0.25, -0.2) is 0 Å². The smallest absolute Gasteiger partial charge is 0.399 e. The monoisotopic (exact) mass is 378 g/mol. The van der Waals surface area contributed by atoms with Gasteiger partial charge in [0.2, 0.25) is 0 Å². The molecule has 0 amide bonds. The summed E-state index contributed by atoms with van der Waals surface area (Å²) in [6, 6.07) is 10.7. The van der Waals surface area contributed by atoms with Crippen molar-refractivity contribution in [1.82, 2.24) is 0 Å². The Hall–Kier alpha value is -1.88. The summed E-state index contributed by atoms with van der Waals surface area (Å²) in [6.45, 7) is 17.6. The van der Waals surface area contributed by atoms with Crippen LogP contribution < -0.4 is 5.46 Å². The van der Waals surface area contributed by atoms with E-state index in [-0.39, 0.29) is 18.3 Å². The maximum absolute atomic E-state index is 6.31. The topological polar surface area (TPSA) is 18.5 Å². The van der Waals surface area contributed by atoms with Crippen LogP contribution in [0, 0.1) is 0 Å². The van der Waals surface area contributed by atoms with Gasteiger partial charge in [-0.15, -0.1) is 17.9 Å². The van der Waals surface area contributed by atoms with E-state index < -0.39 is 0 Å². The van der Waals surface area contributed by atoms with Crippen molar-refractivity contribution in [3.63, 3.8) is 0 Å². The van der Waals surface area contributed by atoms with E-state index in [4.69, 9.17) is 9.31 Å². The number of thiophene rings is 1. The predicted molar refractivity (Wildman–Crippen MR) is 121 cm³/mol. The lowest BCUT2D eigenvalue weighted by Crippen LogP contribution is -2.41. The van der Waals surface area contributed by atoms with E-state index in [2.05, 4.69) is 76.6 Å². The molecular weight excluding hydrogens is 351 g/mol. The van der Waals surface area contributed by atoms with E-state index in [0.29, 0.717) is 0 Å². The van der Waals surface area contributed by atoms with Gasteiger partial charge in [-0.3, -0.25) is 0 Å². The van der Waals surface area contributed by atoms with Crippen molar-refractivity contribution in [2.45, 2.75) is 45.8 Å². The Morgan fingerprint density at radius 3 is 2.07 bits per heavy atom. The van der Waals surface area contributed by atoms with Crippen LogP contribution in [-0.2, 0) is 9.31 Å². The molecule has 2 nitrogen and oxygen atoms in total. The zero-order chi connectivity index (χ0) is 19.8. The summed E-state index contributed by atoms with van der Waals surface area (Å²) >= 11 is 1.77. The largest absolute Gasteiger partial charge is 0.495 e. The molecule has 0 saturated carbocycles. The minimum atomic E-state index is -0.359. The first-order valence-corrected chi connectivity index (χ1v) is 10.1. The van der Waals surface area contributed by atoms with Crippen molar-refractivity contribution in [2.24, 2.45) is 0 Å². The van der Waals surface area contributed by atoms with Crippen LogP contribution in [0.4, 0.5) is 0 Å². The Morgan fingerprint density at radius 1 is 0.963 bits per heavy atom. The summed E-state index contributed by atoms with van der Waals surface area (Å²) in [6.07, 6.45) is 3.67. The van der Waals surface area contributed by atoms with Gasteiger partial charge >= 0.3 is 7.12 Å². The first-order valence-electron chi connectivity index (χ1n) is 9.23. The van der Waals surface area contributed by atoms with Gasteiger partial charge < -0.3 is 9.31 Å². The normalized spacial score (nSPS) is 17.6. The Bertz CT molecular complexity index is 984. The van der Waals surface area contributed by atoms with Crippen LogP contribution in [0.5, 0.6) is 0 Å². The second-order valence-corrected chi connectivity index (χ2v) is 8.66. The van der Waals surface area contributed by atoms with E-state index in [1.165, 1.54) is 26.4 Å². The number of allylic oxidation sites excluding steroid dienone is 1. The summed E-state index contributed by atoms with van der Waals surface area (Å²) < 4.78 is 13.9. The molecule has 0 aliphatic carbocycles. The lowest BCUT2D eigenvalue weighted by Gasteiger charge is -2.32. The van der Waals surface area contributed by atoms with Gasteiger partial charge in [0.15, 0.2) is 0 Å². The van der Waals surface area contributed by atoms with Crippen LogP contribution in [0.3, 0.4) is 0 Å². The van der Waals surface area contributed by atoms with Gasteiger partial charge in [0.25, 0.3) is 0 Å². The zero-order valence-corrected chi connectivity index (χ0v) is 17.7. The summed E-state index contributed by atoms with van der Waals surface area (Å²) in [4.78, 5) is 0. The minimum Gasteiger partial charge on any atom is -0.399 e. The molecule has 1 fully saturated rings. The van der Waals surface area contributed by atoms with Crippen LogP contribution in [0.15, 0.2) is 54.9 Å². The molecule has 0 spiro atoms. The molecule has 0 bridgehead atoms. The maximum Gasteiger partial charge on any atom is 0.495 e. The fraction of sp³-hybridized carbons (Fsp3) is 0.304. The molecule has 4 rings (SSSR count). The molecule has 2 aromatic carbocycles. The summed E-state index contributed by atoms with van der Waals surface area (Å²) in [5, 5.41) is 5.83. The van der Waals surface area contributed by atoms with E-state index in [9.17, 15) is 0 Å². The van der Waals surface area contributed by atoms with E-state index >= 15 is 0 Å². The fourth-order valence-electron chi connectivity index (χ4n) is 3.23. The van der Waals surface area contributed by atoms with Crippen molar-refractivity contribution in [3.05, 3.63) is 60.5 Å². The number of hydrogen-bond acceptors (Lipinski definition) is 3. The first kappa shape index (κ1) is 19.9. The van der Waals surface area contributed by atoms with E-state index in [1.54, 1.807) is 17.4 Å². The highest BCUT2D eigenvalue weighted by Crippen LogP contribution is 2.39. The van der Waals surface area contributed by atoms with Crippen LogP contribution in [0.25, 0.3) is 26.9 Å². The number of benzene rings is 2. The average Bonchev–Trinajstić information content (AvgIpc) is 3.12. The van der Waals surface area contributed by atoms with Gasteiger partial charge in [-0.2, -0.15) is 0 Å². The van der Waals surface area contributed by atoms with E-state index in [0.717, 1.165) is 5.46 Å². The SMILES string of the molecule is C=CC.C=Cc1csc2c1cc(B1OC(C)(C)C(C)(C)O1)c1ccccc12. The van der Waals surface area contributed by atoms with Crippen LogP contribution in [0.1, 0.15) is 40.2 Å². The molecule has 1 aliphatic rings. The summed E-state index contributed by atoms with van der Waals surface area (Å²) in [5.41, 5.74) is 1.57. The molecule has 0 radical (unpaired) electrons. The Kier molecular flexibility index (Phi) is 5.35. The number of hydrogen-bond donors (Lipinski definition) is 0. The van der Waals surface area contributed by atoms with Gasteiger partial charge in [0.1, 0.15) is 0 Å². The van der Waals surface area contributed by atoms with Crippen molar-refractivity contribution in [3.8, 4) is 0 Å². The highest BCUT2D eigenvalue weighted by molar-refractivity contribution is 7.18. The average molecular weight is 378 g/mol. The van der Waals surface area contributed by atoms with Crippen LogP contribution in [-0.4, -0.2) is 18.3 Å². The van der Waals surface area contributed by atoms with Crippen molar-refractivity contribution in [2.75, 3.05) is 0 Å². The molecule has 3 aromatic rings. The Labute approximate surface area is 166 Å². The number of rotatable bonds is 2. The lowest BCUT2D eigenvalue weighted by atomic mass is 9.75. The third kappa shape index (κ3) is 3.38. The molecule has 2 heterocycles. The van der Waals surface area contributed by atoms with E-state index in [1.807, 2.05) is 13.0 Å². The van der Waals surface area contributed by atoms with Crippen molar-refractivity contribution >= 4 is 50.9 Å². The highest BCUT2D eigenvalue weighted by atomic mass is 32.1. The van der Waals surface area contributed by atoms with Crippen molar-refractivity contribution < 1.29 is 9.31 Å². The van der Waals surface area contributed by atoms with Gasteiger partial charge in [0, 0.05) is 4.70 Å². The molecule has 140 valence electrons. The highest BCUT2D eigenvalue weighted by Gasteiger charge is 2.52. The second-order valence-electron chi connectivity index (χ2n) is 7.78. The van der Waals surface area contributed by atoms with Crippen LogP contribution in [0.2, 0.25) is 0 Å². The standard InChI is InChI=1S/C20H21BO2S.C3H6/c1-6-13-12-24-18-15-10-8-7-9-14(15)17(11-16(13)18)21-22-19(2,3)20(4,5)23-21;1-3-2/h6-12H,1H2,2-5H3;3H,1H2,2H3. The second kappa shape index (κ2) is 7.27. The molecule has 4 heteroatoms. The van der Waals surface area contributed by atoms with Gasteiger partial charge in [0.05, 0.1) is 11.2 Å². The Balaban J connectivity index is 0.000000659. The number of fused-ring (bicyclic) bond motifs is 3. The fourth-order valence-corrected chi connectivity index (χ4v) is 4.30. The van der Waals surface area contributed by atoms with Crippen molar-refractivity contribution in [1.29, 1.82) is 0 Å². The summed E-state index contributed by atoms with van der Waals surface area (Å²) in [7, 11) is -0.359. The molecule has 1 aromatic heterocycles. The van der Waals surface area contributed by atoms with Crippen LogP contribution >= 0.6 is 11.3 Å². The molecule has 1 aliphatic heterocycles. The minimum absolute atomic E-state index is 0.344. The third-order valence-electron chi connectivity index (χ3n) is 5.37. The molecule has 0 unspecified atom stereocenters. The summed E-state index contributed by atoms with van der Waals surface area (Å²) in [5.74, 6) is 0. The van der Waals surface area contributed by atoms with Gasteiger partial charge in [-0.05, 0) is 67.2 Å². The lowest BCUT2D eigenvalue weighted by molar-refractivity contribution is 0.00578. The zero-order valence-electron chi connectivity index (χ0n) is 16.8. The quantitative estimate of drug-likeness (QED) is 0.391. The molecule has 1 saturated heterocycles. The van der Waals surface area contributed by atoms with Gasteiger partial charge in [-0.1, -0.05) is 49.1 Å². The molecule has 0 atom stereocenters.